The monoisotopic (exact) mass is 426 g/mol. The van der Waals surface area contributed by atoms with Gasteiger partial charge in [0.15, 0.2) is 12.7 Å². The van der Waals surface area contributed by atoms with Crippen LogP contribution >= 0.6 is 0 Å². The number of carbonyl (C=O) groups is 2. The Hall–Kier alpha value is -3.55. The Labute approximate surface area is 181 Å². The first-order valence-electron chi connectivity index (χ1n) is 10.1. The van der Waals surface area contributed by atoms with Gasteiger partial charge < -0.3 is 24.3 Å². The van der Waals surface area contributed by atoms with Crippen LogP contribution in [-0.4, -0.2) is 48.6 Å². The van der Waals surface area contributed by atoms with Gasteiger partial charge in [0, 0.05) is 0 Å². The highest BCUT2D eigenvalue weighted by atomic mass is 16.6. The zero-order valence-corrected chi connectivity index (χ0v) is 17.8. The third-order valence-corrected chi connectivity index (χ3v) is 4.92. The SMILES string of the molecule is CCC(Oc1ccc(C(C)=NOCCN2C(=O)COc3ccccc32)cc1C)C(=O)O. The fourth-order valence-corrected chi connectivity index (χ4v) is 3.19. The molecule has 1 aliphatic rings. The highest BCUT2D eigenvalue weighted by Gasteiger charge is 2.24. The summed E-state index contributed by atoms with van der Waals surface area (Å²) in [6.07, 6.45) is -0.503. The minimum atomic E-state index is -0.988. The van der Waals surface area contributed by atoms with Crippen LogP contribution in [-0.2, 0) is 14.4 Å². The van der Waals surface area contributed by atoms with Crippen molar-refractivity contribution in [2.45, 2.75) is 33.3 Å². The second-order valence-electron chi connectivity index (χ2n) is 7.14. The maximum Gasteiger partial charge on any atom is 0.344 e. The number of rotatable bonds is 9. The number of amides is 1. The van der Waals surface area contributed by atoms with Crippen LogP contribution in [0.15, 0.2) is 47.6 Å². The molecule has 0 fully saturated rings. The number of benzene rings is 2. The lowest BCUT2D eigenvalue weighted by atomic mass is 10.1. The first-order chi connectivity index (χ1) is 14.9. The lowest BCUT2D eigenvalue weighted by Crippen LogP contribution is -2.40. The average Bonchev–Trinajstić information content (AvgIpc) is 2.76. The minimum absolute atomic E-state index is 0.00771. The summed E-state index contributed by atoms with van der Waals surface area (Å²) in [5.74, 6) is 0.0865. The molecule has 3 rings (SSSR count). The van der Waals surface area contributed by atoms with Gasteiger partial charge in [0.1, 0.15) is 18.1 Å². The second-order valence-corrected chi connectivity index (χ2v) is 7.14. The van der Waals surface area contributed by atoms with Crippen molar-refractivity contribution < 1.29 is 29.0 Å². The van der Waals surface area contributed by atoms with E-state index in [-0.39, 0.29) is 19.1 Å². The van der Waals surface area contributed by atoms with Gasteiger partial charge >= 0.3 is 5.97 Å². The molecule has 0 spiro atoms. The summed E-state index contributed by atoms with van der Waals surface area (Å²) in [5, 5.41) is 13.3. The van der Waals surface area contributed by atoms with Crippen molar-refractivity contribution in [2.75, 3.05) is 24.7 Å². The molecule has 0 aliphatic carbocycles. The van der Waals surface area contributed by atoms with E-state index in [1.54, 1.807) is 24.0 Å². The lowest BCUT2D eigenvalue weighted by Gasteiger charge is -2.28. The van der Waals surface area contributed by atoms with Crippen LogP contribution in [0.3, 0.4) is 0 Å². The van der Waals surface area contributed by atoms with Crippen molar-refractivity contribution in [1.82, 2.24) is 0 Å². The molecule has 1 atom stereocenters. The van der Waals surface area contributed by atoms with E-state index in [1.807, 2.05) is 44.2 Å². The molecule has 1 heterocycles. The van der Waals surface area contributed by atoms with Gasteiger partial charge in [-0.3, -0.25) is 4.79 Å². The Balaban J connectivity index is 1.59. The normalized spacial score (nSPS) is 14.5. The Morgan fingerprint density at radius 1 is 1.29 bits per heavy atom. The summed E-state index contributed by atoms with van der Waals surface area (Å²) >= 11 is 0. The number of para-hydroxylation sites is 2. The molecule has 164 valence electrons. The van der Waals surface area contributed by atoms with Crippen LogP contribution in [0.5, 0.6) is 11.5 Å². The van der Waals surface area contributed by atoms with E-state index in [4.69, 9.17) is 19.4 Å². The molecule has 31 heavy (non-hydrogen) atoms. The number of hydrogen-bond acceptors (Lipinski definition) is 6. The number of anilines is 1. The number of carboxylic acids is 1. The summed E-state index contributed by atoms with van der Waals surface area (Å²) in [7, 11) is 0. The third kappa shape index (κ3) is 5.33. The first-order valence-corrected chi connectivity index (χ1v) is 10.1. The number of aryl methyl sites for hydroxylation is 1. The van der Waals surface area contributed by atoms with E-state index in [0.29, 0.717) is 30.2 Å². The highest BCUT2D eigenvalue weighted by molar-refractivity contribution is 5.99. The molecule has 1 aliphatic heterocycles. The number of hydrogen-bond donors (Lipinski definition) is 1. The van der Waals surface area contributed by atoms with Gasteiger partial charge in [-0.1, -0.05) is 24.2 Å². The topological polar surface area (TPSA) is 97.7 Å². The zero-order chi connectivity index (χ0) is 22.4. The van der Waals surface area contributed by atoms with Crippen LogP contribution < -0.4 is 14.4 Å². The Bertz CT molecular complexity index is 988. The first kappa shape index (κ1) is 22.1. The molecule has 0 saturated carbocycles. The Morgan fingerprint density at radius 2 is 2.06 bits per heavy atom. The summed E-state index contributed by atoms with van der Waals surface area (Å²) in [5.41, 5.74) is 3.03. The van der Waals surface area contributed by atoms with Crippen LogP contribution in [0.25, 0.3) is 0 Å². The molecule has 0 radical (unpaired) electrons. The Kier molecular flexibility index (Phi) is 7.12. The summed E-state index contributed by atoms with van der Waals surface area (Å²) in [6.45, 7) is 6.02. The Morgan fingerprint density at radius 3 is 2.77 bits per heavy atom. The summed E-state index contributed by atoms with van der Waals surface area (Å²) < 4.78 is 11.0. The maximum absolute atomic E-state index is 12.2. The van der Waals surface area contributed by atoms with Crippen LogP contribution in [0.2, 0.25) is 0 Å². The third-order valence-electron chi connectivity index (χ3n) is 4.92. The van der Waals surface area contributed by atoms with E-state index in [0.717, 1.165) is 16.8 Å². The van der Waals surface area contributed by atoms with E-state index < -0.39 is 12.1 Å². The molecular weight excluding hydrogens is 400 g/mol. The van der Waals surface area contributed by atoms with Gasteiger partial charge in [-0.15, -0.1) is 0 Å². The molecule has 1 unspecified atom stereocenters. The number of ether oxygens (including phenoxy) is 2. The van der Waals surface area contributed by atoms with E-state index in [2.05, 4.69) is 5.16 Å². The van der Waals surface area contributed by atoms with Crippen molar-refractivity contribution in [1.29, 1.82) is 0 Å². The zero-order valence-electron chi connectivity index (χ0n) is 17.8. The van der Waals surface area contributed by atoms with E-state index >= 15 is 0 Å². The number of fused-ring (bicyclic) bond motifs is 1. The molecule has 8 nitrogen and oxygen atoms in total. The standard InChI is InChI=1S/C23H26N2O6/c1-4-19(23(27)28)31-20-10-9-17(13-15(20)2)16(3)24-30-12-11-25-18-7-5-6-8-21(18)29-14-22(25)26/h5-10,13,19H,4,11-12,14H2,1-3H3,(H,27,28). The predicted molar refractivity (Wildman–Crippen MR) is 116 cm³/mol. The fourth-order valence-electron chi connectivity index (χ4n) is 3.19. The average molecular weight is 426 g/mol. The lowest BCUT2D eigenvalue weighted by molar-refractivity contribution is -0.145. The summed E-state index contributed by atoms with van der Waals surface area (Å²) in [6, 6.07) is 12.8. The smallest absolute Gasteiger partial charge is 0.344 e. The van der Waals surface area contributed by atoms with Gasteiger partial charge in [-0.25, -0.2) is 4.79 Å². The van der Waals surface area contributed by atoms with Gasteiger partial charge in [0.25, 0.3) is 5.91 Å². The summed E-state index contributed by atoms with van der Waals surface area (Å²) in [4.78, 5) is 30.4. The van der Waals surface area contributed by atoms with Crippen LogP contribution in [0.4, 0.5) is 5.69 Å². The van der Waals surface area contributed by atoms with Gasteiger partial charge in [0.05, 0.1) is 17.9 Å². The second kappa shape index (κ2) is 9.97. The molecule has 1 amide bonds. The van der Waals surface area contributed by atoms with Crippen molar-refractivity contribution in [3.8, 4) is 11.5 Å². The largest absolute Gasteiger partial charge is 0.482 e. The van der Waals surface area contributed by atoms with Crippen molar-refractivity contribution in [3.63, 3.8) is 0 Å². The van der Waals surface area contributed by atoms with Gasteiger partial charge in [0.2, 0.25) is 0 Å². The number of oxime groups is 1. The van der Waals surface area contributed by atoms with Gasteiger partial charge in [-0.05, 0) is 61.7 Å². The molecule has 2 aromatic carbocycles. The molecule has 8 heteroatoms. The number of carbonyl (C=O) groups excluding carboxylic acids is 1. The predicted octanol–water partition coefficient (Wildman–Crippen LogP) is 3.40. The molecule has 0 aromatic heterocycles. The minimum Gasteiger partial charge on any atom is -0.482 e. The molecule has 0 saturated heterocycles. The van der Waals surface area contributed by atoms with Crippen LogP contribution in [0, 0.1) is 6.92 Å². The number of carboxylic acid groups (broad SMARTS) is 1. The van der Waals surface area contributed by atoms with Crippen LogP contribution in [0.1, 0.15) is 31.4 Å². The fraction of sp³-hybridized carbons (Fsp3) is 0.348. The van der Waals surface area contributed by atoms with Gasteiger partial charge in [-0.2, -0.15) is 0 Å². The van der Waals surface area contributed by atoms with E-state index in [9.17, 15) is 9.59 Å². The molecular formula is C23H26N2O6. The van der Waals surface area contributed by atoms with E-state index in [1.165, 1.54) is 0 Å². The molecule has 1 N–H and O–H groups in total. The number of nitrogens with zero attached hydrogens (tertiary/aromatic N) is 2. The van der Waals surface area contributed by atoms with Crippen molar-refractivity contribution in [2.24, 2.45) is 5.16 Å². The molecule has 0 bridgehead atoms. The highest BCUT2D eigenvalue weighted by Crippen LogP contribution is 2.31. The quantitative estimate of drug-likeness (QED) is 0.375. The maximum atomic E-state index is 12.2. The van der Waals surface area contributed by atoms with Crippen molar-refractivity contribution >= 4 is 23.3 Å². The number of aliphatic carboxylic acids is 1. The molecule has 2 aromatic rings. The van der Waals surface area contributed by atoms with Crippen molar-refractivity contribution in [3.05, 3.63) is 53.6 Å².